The van der Waals surface area contributed by atoms with Crippen molar-refractivity contribution < 1.29 is 26.1 Å². The third-order valence-corrected chi connectivity index (χ3v) is 5.42. The summed E-state index contributed by atoms with van der Waals surface area (Å²) in [7, 11) is 0. The van der Waals surface area contributed by atoms with E-state index in [4.69, 9.17) is 5.70 Å². The third kappa shape index (κ3) is 1.80. The van der Waals surface area contributed by atoms with Crippen LogP contribution in [0.2, 0.25) is 0 Å². The average Bonchev–Trinajstić information content (AvgIpc) is 2.19. The molecule has 2 radical (unpaired) electrons. The molecule has 14 heavy (non-hydrogen) atoms. The number of hydrogen-bond acceptors (Lipinski definition) is 2. The Labute approximate surface area is 96.7 Å². The van der Waals surface area contributed by atoms with Crippen molar-refractivity contribution in [2.24, 2.45) is 0 Å². The summed E-state index contributed by atoms with van der Waals surface area (Å²) in [6.07, 6.45) is 5.12. The molecule has 0 atom stereocenters. The Kier molecular flexibility index (Phi) is 3.36. The van der Waals surface area contributed by atoms with E-state index in [1.807, 2.05) is 3.11 Å². The Morgan fingerprint density at radius 2 is 2.07 bits per heavy atom. The van der Waals surface area contributed by atoms with Gasteiger partial charge in [0.15, 0.2) is 0 Å². The molecule has 0 unspecified atom stereocenters. The number of nitrogens with zero attached hydrogens (tertiary/aromatic N) is 1. The van der Waals surface area contributed by atoms with Crippen LogP contribution in [0.15, 0.2) is 0 Å². The van der Waals surface area contributed by atoms with Crippen LogP contribution in [0.5, 0.6) is 0 Å². The van der Waals surface area contributed by atoms with Crippen molar-refractivity contribution >= 4 is 11.6 Å². The van der Waals surface area contributed by atoms with Gasteiger partial charge < -0.3 is 0 Å². The number of carbonyl (C=O) groups excluding carboxylic acids is 1. The van der Waals surface area contributed by atoms with Crippen LogP contribution >= 0.6 is 0 Å². The minimum atomic E-state index is -0.573. The van der Waals surface area contributed by atoms with Gasteiger partial charge in [0.25, 0.3) is 0 Å². The van der Waals surface area contributed by atoms with E-state index in [0.29, 0.717) is 12.3 Å². The van der Waals surface area contributed by atoms with E-state index in [0.717, 1.165) is 38.8 Å². The maximum absolute atomic E-state index is 11.8. The van der Waals surface area contributed by atoms with Gasteiger partial charge in [-0.15, -0.1) is 0 Å². The molecule has 2 fully saturated rings. The van der Waals surface area contributed by atoms with Gasteiger partial charge in [0.05, 0.1) is 0 Å². The summed E-state index contributed by atoms with van der Waals surface area (Å²) in [4.78, 5) is 11.8. The molecule has 1 spiro atoms. The molecule has 2 heterocycles. The number of halogens is 1. The molecule has 1 N–H and O–H groups in total. The molecule has 0 aromatic heterocycles. The van der Waals surface area contributed by atoms with Crippen molar-refractivity contribution in [3.63, 3.8) is 0 Å². The summed E-state index contributed by atoms with van der Waals surface area (Å²) in [5, 5.41) is 3.35. The van der Waals surface area contributed by atoms with Crippen molar-refractivity contribution in [3.05, 3.63) is 0 Å². The monoisotopic (exact) mass is 305 g/mol. The molecular formula is C9H15BIN2O-. The minimum absolute atomic E-state index is 0.141. The fourth-order valence-corrected chi connectivity index (χ4v) is 4.39. The first-order chi connectivity index (χ1) is 6.78. The standard InChI is InChI=1S/C9H15BIN2O/c10-11-13-8(14)2-1-3-9(13)4-6-12-7-5-9/h12H,1-7H2/q-1. The van der Waals surface area contributed by atoms with E-state index in [1.165, 1.54) is 0 Å². The summed E-state index contributed by atoms with van der Waals surface area (Å²) in [5.74, 6) is 0.299. The quantitative estimate of drug-likeness (QED) is 0.323. The van der Waals surface area contributed by atoms with Gasteiger partial charge in [0.1, 0.15) is 0 Å². The van der Waals surface area contributed by atoms with E-state index >= 15 is 0 Å². The topological polar surface area (TPSA) is 32.3 Å². The summed E-state index contributed by atoms with van der Waals surface area (Å²) in [6.45, 7) is 2.07. The van der Waals surface area contributed by atoms with E-state index < -0.39 is 21.3 Å². The molecule has 2 rings (SSSR count). The van der Waals surface area contributed by atoms with Gasteiger partial charge in [0, 0.05) is 0 Å². The van der Waals surface area contributed by atoms with Crippen LogP contribution in [0, 0.1) is 0 Å². The van der Waals surface area contributed by atoms with Crippen LogP contribution in [-0.4, -0.2) is 33.4 Å². The molecule has 0 aromatic rings. The number of hydrogen-bond donors (Lipinski definition) is 1. The molecule has 0 aliphatic carbocycles. The molecule has 5 heteroatoms. The van der Waals surface area contributed by atoms with Crippen LogP contribution in [0.3, 0.4) is 0 Å². The predicted octanol–water partition coefficient (Wildman–Crippen LogP) is -2.79. The van der Waals surface area contributed by atoms with Crippen molar-refractivity contribution in [3.8, 4) is 0 Å². The SMILES string of the molecule is [B][I-]N1C(=O)CCCC12CCNCC2. The molecule has 2 aliphatic rings. The van der Waals surface area contributed by atoms with E-state index in [2.05, 4.69) is 5.32 Å². The molecule has 0 bridgehead atoms. The van der Waals surface area contributed by atoms with Gasteiger partial charge in [-0.1, -0.05) is 0 Å². The van der Waals surface area contributed by atoms with E-state index in [9.17, 15) is 4.79 Å². The first kappa shape index (κ1) is 10.7. The molecule has 0 saturated carbocycles. The summed E-state index contributed by atoms with van der Waals surface area (Å²) >= 11 is -0.573. The van der Waals surface area contributed by atoms with Gasteiger partial charge >= 0.3 is 96.8 Å². The normalized spacial score (nSPS) is 27.1. The zero-order chi connectivity index (χ0) is 10.0. The molecule has 2 aliphatic heterocycles. The molecular weight excluding hydrogens is 290 g/mol. The second-order valence-corrected chi connectivity index (χ2v) is 5.62. The zero-order valence-corrected chi connectivity index (χ0v) is 10.4. The number of amides is 1. The molecule has 2 saturated heterocycles. The second kappa shape index (κ2) is 4.39. The van der Waals surface area contributed by atoms with Gasteiger partial charge in [-0.05, 0) is 0 Å². The van der Waals surface area contributed by atoms with Crippen LogP contribution in [0.1, 0.15) is 32.1 Å². The fraction of sp³-hybridized carbons (Fsp3) is 0.889. The molecule has 0 aromatic carbocycles. The second-order valence-electron chi connectivity index (χ2n) is 4.10. The van der Waals surface area contributed by atoms with Gasteiger partial charge in [0.2, 0.25) is 0 Å². The Morgan fingerprint density at radius 3 is 2.71 bits per heavy atom. The van der Waals surface area contributed by atoms with Crippen LogP contribution in [0.4, 0.5) is 0 Å². The number of carbonyl (C=O) groups is 1. The summed E-state index contributed by atoms with van der Waals surface area (Å²) in [6, 6.07) is 0. The molecule has 78 valence electrons. The van der Waals surface area contributed by atoms with Crippen molar-refractivity contribution in [2.45, 2.75) is 37.6 Å². The van der Waals surface area contributed by atoms with E-state index in [-0.39, 0.29) is 5.54 Å². The fourth-order valence-electron chi connectivity index (χ4n) is 2.53. The Morgan fingerprint density at radius 1 is 1.36 bits per heavy atom. The van der Waals surface area contributed by atoms with Crippen LogP contribution in [0.25, 0.3) is 0 Å². The van der Waals surface area contributed by atoms with Crippen LogP contribution in [-0.2, 0) is 4.79 Å². The Balaban J connectivity index is 2.16. The number of nitrogens with one attached hydrogen (secondary N) is 1. The first-order valence-corrected chi connectivity index (χ1v) is 7.37. The van der Waals surface area contributed by atoms with Gasteiger partial charge in [-0.2, -0.15) is 0 Å². The average molecular weight is 305 g/mol. The summed E-state index contributed by atoms with van der Waals surface area (Å²) < 4.78 is 2.02. The maximum atomic E-state index is 11.8. The first-order valence-electron chi connectivity index (χ1n) is 5.16. The number of rotatable bonds is 1. The van der Waals surface area contributed by atoms with Crippen molar-refractivity contribution in [1.29, 1.82) is 0 Å². The molecule has 3 nitrogen and oxygen atoms in total. The Hall–Kier alpha value is 0.225. The third-order valence-electron chi connectivity index (χ3n) is 3.30. The van der Waals surface area contributed by atoms with Crippen molar-refractivity contribution in [1.82, 2.24) is 8.43 Å². The Bertz CT molecular complexity index is 225. The van der Waals surface area contributed by atoms with Gasteiger partial charge in [-0.3, -0.25) is 0 Å². The molecule has 1 amide bonds. The number of piperidine rings is 2. The van der Waals surface area contributed by atoms with Gasteiger partial charge in [-0.25, -0.2) is 0 Å². The van der Waals surface area contributed by atoms with Crippen molar-refractivity contribution in [2.75, 3.05) is 13.1 Å². The predicted molar refractivity (Wildman–Crippen MR) is 51.3 cm³/mol. The summed E-state index contributed by atoms with van der Waals surface area (Å²) in [5.41, 5.74) is 5.94. The zero-order valence-electron chi connectivity index (χ0n) is 8.26. The van der Waals surface area contributed by atoms with E-state index in [1.54, 1.807) is 0 Å². The van der Waals surface area contributed by atoms with Crippen LogP contribution < -0.4 is 26.6 Å².